The predicted octanol–water partition coefficient (Wildman–Crippen LogP) is 2.94. The first-order chi connectivity index (χ1) is 12.4. The minimum absolute atomic E-state index is 0. The van der Waals surface area contributed by atoms with E-state index in [9.17, 15) is 18.1 Å². The molecule has 0 aromatic rings. The summed E-state index contributed by atoms with van der Waals surface area (Å²) in [5.74, 6) is 0. The molecular weight excluding hydrogens is 371 g/mol. The van der Waals surface area contributed by atoms with E-state index in [1.54, 1.807) is 0 Å². The van der Waals surface area contributed by atoms with Gasteiger partial charge in [0.05, 0.1) is 16.2 Å². The summed E-state index contributed by atoms with van der Waals surface area (Å²) < 4.78 is 32.3. The van der Waals surface area contributed by atoms with Crippen molar-refractivity contribution in [1.82, 2.24) is 0 Å². The standard InChI is InChI=1S/C21H44O4S.Na/c1-3-4-18-21(22)19-16-14-12-10-8-6-5-7-9-11-13-15-17-20(2)26(23,24)25;/h20-22H,3-19H2,1-2H3,(H,23,24,25);/q;+1/p-1. The minimum atomic E-state index is -4.09. The predicted molar refractivity (Wildman–Crippen MR) is 109 cm³/mol. The van der Waals surface area contributed by atoms with Gasteiger partial charge in [-0.2, -0.15) is 0 Å². The van der Waals surface area contributed by atoms with Gasteiger partial charge in [-0.15, -0.1) is 0 Å². The maximum absolute atomic E-state index is 10.8. The third-order valence-corrected chi connectivity index (χ3v) is 6.50. The zero-order valence-corrected chi connectivity index (χ0v) is 21.1. The Morgan fingerprint density at radius 3 is 1.41 bits per heavy atom. The van der Waals surface area contributed by atoms with Crippen LogP contribution in [0.4, 0.5) is 0 Å². The Balaban J connectivity index is 0. The van der Waals surface area contributed by atoms with Crippen LogP contribution in [0.2, 0.25) is 0 Å². The summed E-state index contributed by atoms with van der Waals surface area (Å²) in [6, 6.07) is 0. The van der Waals surface area contributed by atoms with Gasteiger partial charge in [-0.05, 0) is 26.2 Å². The van der Waals surface area contributed by atoms with Crippen LogP contribution in [0.3, 0.4) is 0 Å². The first kappa shape index (κ1) is 30.1. The maximum Gasteiger partial charge on any atom is 1.00 e. The molecule has 0 saturated heterocycles. The Bertz CT molecular complexity index is 401. The van der Waals surface area contributed by atoms with Crippen LogP contribution in [0.1, 0.15) is 123 Å². The maximum atomic E-state index is 10.8. The molecule has 0 heterocycles. The molecule has 2 unspecified atom stereocenters. The van der Waals surface area contributed by atoms with Crippen LogP contribution >= 0.6 is 0 Å². The van der Waals surface area contributed by atoms with Gasteiger partial charge < -0.3 is 9.66 Å². The summed E-state index contributed by atoms with van der Waals surface area (Å²) >= 11 is 0. The summed E-state index contributed by atoms with van der Waals surface area (Å²) in [7, 11) is -4.09. The van der Waals surface area contributed by atoms with Gasteiger partial charge in [0.15, 0.2) is 0 Å². The molecule has 0 radical (unpaired) electrons. The van der Waals surface area contributed by atoms with Crippen molar-refractivity contribution >= 4 is 10.1 Å². The zero-order chi connectivity index (χ0) is 19.7. The Labute approximate surface area is 191 Å². The molecule has 0 saturated carbocycles. The summed E-state index contributed by atoms with van der Waals surface area (Å²) in [6.07, 6.45) is 19.1. The van der Waals surface area contributed by atoms with Crippen molar-refractivity contribution in [2.45, 2.75) is 134 Å². The number of hydrogen-bond acceptors (Lipinski definition) is 4. The first-order valence-electron chi connectivity index (χ1n) is 11.0. The molecule has 0 aromatic carbocycles. The van der Waals surface area contributed by atoms with Gasteiger partial charge in [-0.25, -0.2) is 8.42 Å². The van der Waals surface area contributed by atoms with E-state index < -0.39 is 15.4 Å². The van der Waals surface area contributed by atoms with E-state index in [4.69, 9.17) is 0 Å². The molecule has 0 aliphatic heterocycles. The number of unbranched alkanes of at least 4 members (excludes halogenated alkanes) is 12. The van der Waals surface area contributed by atoms with Gasteiger partial charge in [-0.1, -0.05) is 96.8 Å². The van der Waals surface area contributed by atoms with E-state index >= 15 is 0 Å². The van der Waals surface area contributed by atoms with Gasteiger partial charge in [0.25, 0.3) is 0 Å². The fourth-order valence-electron chi connectivity index (χ4n) is 3.31. The number of aliphatic hydroxyl groups is 1. The minimum Gasteiger partial charge on any atom is -0.748 e. The molecule has 0 aliphatic rings. The van der Waals surface area contributed by atoms with Crippen molar-refractivity contribution in [1.29, 1.82) is 0 Å². The average molecular weight is 415 g/mol. The smallest absolute Gasteiger partial charge is 0.748 e. The van der Waals surface area contributed by atoms with Crippen molar-refractivity contribution in [2.24, 2.45) is 0 Å². The SMILES string of the molecule is CCCCC(O)CCCCCCCCCCCCCCC(C)S(=O)(=O)[O-].[Na+]. The first-order valence-corrected chi connectivity index (χ1v) is 12.5. The van der Waals surface area contributed by atoms with Crippen molar-refractivity contribution in [3.8, 4) is 0 Å². The number of rotatable bonds is 19. The molecule has 1 N–H and O–H groups in total. The van der Waals surface area contributed by atoms with E-state index in [0.29, 0.717) is 6.42 Å². The van der Waals surface area contributed by atoms with E-state index in [0.717, 1.165) is 44.9 Å². The van der Waals surface area contributed by atoms with Crippen molar-refractivity contribution in [3.63, 3.8) is 0 Å². The summed E-state index contributed by atoms with van der Waals surface area (Å²) in [6.45, 7) is 3.68. The van der Waals surface area contributed by atoms with Crippen molar-refractivity contribution in [3.05, 3.63) is 0 Å². The second-order valence-corrected chi connectivity index (χ2v) is 9.71. The number of hydrogen-bond donors (Lipinski definition) is 1. The largest absolute Gasteiger partial charge is 1.00 e. The molecule has 0 bridgehead atoms. The normalized spacial score (nSPS) is 13.9. The van der Waals surface area contributed by atoms with Gasteiger partial charge in [-0.3, -0.25) is 0 Å². The van der Waals surface area contributed by atoms with Crippen molar-refractivity contribution in [2.75, 3.05) is 0 Å². The molecule has 158 valence electrons. The average Bonchev–Trinajstić information content (AvgIpc) is 2.59. The molecule has 0 aromatic heterocycles. The summed E-state index contributed by atoms with van der Waals surface area (Å²) in [5, 5.41) is 9.05. The quantitative estimate of drug-likeness (QED) is 0.200. The van der Waals surface area contributed by atoms with Crippen LogP contribution in [0.15, 0.2) is 0 Å². The molecule has 27 heavy (non-hydrogen) atoms. The van der Waals surface area contributed by atoms with E-state index in [1.807, 2.05) is 0 Å². The van der Waals surface area contributed by atoms with E-state index in [1.165, 1.54) is 64.7 Å². The molecule has 0 rings (SSSR count). The Morgan fingerprint density at radius 2 is 1.04 bits per heavy atom. The fourth-order valence-corrected chi connectivity index (χ4v) is 3.76. The zero-order valence-electron chi connectivity index (χ0n) is 18.3. The molecule has 6 heteroatoms. The van der Waals surface area contributed by atoms with Gasteiger partial charge in [0.1, 0.15) is 0 Å². The van der Waals surface area contributed by atoms with Gasteiger partial charge in [0.2, 0.25) is 0 Å². The van der Waals surface area contributed by atoms with Crippen molar-refractivity contribution < 1.29 is 47.6 Å². The molecular formula is C21H43NaO4S. The van der Waals surface area contributed by atoms with Crippen LogP contribution in [0, 0.1) is 0 Å². The van der Waals surface area contributed by atoms with Crippen LogP contribution in [-0.2, 0) is 10.1 Å². The molecule has 0 fully saturated rings. The summed E-state index contributed by atoms with van der Waals surface area (Å²) in [5.41, 5.74) is 0. The Morgan fingerprint density at radius 1 is 0.704 bits per heavy atom. The molecule has 4 nitrogen and oxygen atoms in total. The van der Waals surface area contributed by atoms with Crippen LogP contribution in [0.25, 0.3) is 0 Å². The molecule has 0 spiro atoms. The second-order valence-electron chi connectivity index (χ2n) is 7.92. The topological polar surface area (TPSA) is 77.4 Å². The van der Waals surface area contributed by atoms with Crippen LogP contribution in [0.5, 0.6) is 0 Å². The fraction of sp³-hybridized carbons (Fsp3) is 1.00. The monoisotopic (exact) mass is 414 g/mol. The summed E-state index contributed by atoms with van der Waals surface area (Å²) in [4.78, 5) is 0. The van der Waals surface area contributed by atoms with E-state index in [2.05, 4.69) is 6.92 Å². The molecule has 2 atom stereocenters. The Hall–Kier alpha value is 0.870. The van der Waals surface area contributed by atoms with Crippen LogP contribution < -0.4 is 29.6 Å². The van der Waals surface area contributed by atoms with Gasteiger partial charge >= 0.3 is 29.6 Å². The third-order valence-electron chi connectivity index (χ3n) is 5.28. The molecule has 0 amide bonds. The third kappa shape index (κ3) is 21.4. The number of aliphatic hydroxyl groups excluding tert-OH is 1. The second kappa shape index (κ2) is 20.2. The van der Waals surface area contributed by atoms with Gasteiger partial charge in [0, 0.05) is 5.25 Å². The van der Waals surface area contributed by atoms with E-state index in [-0.39, 0.29) is 35.7 Å². The Kier molecular flexibility index (Phi) is 22.4. The molecule has 0 aliphatic carbocycles. The van der Waals surface area contributed by atoms with Crippen LogP contribution in [-0.4, -0.2) is 29.4 Å².